The van der Waals surface area contributed by atoms with Crippen LogP contribution in [0.25, 0.3) is 0 Å². The topological polar surface area (TPSA) is 57.5 Å². The van der Waals surface area contributed by atoms with Crippen LogP contribution in [0.3, 0.4) is 0 Å². The van der Waals surface area contributed by atoms with Gasteiger partial charge in [-0.05, 0) is 0 Å². The Morgan fingerprint density at radius 2 is 1.43 bits per heavy atom. The molecular weight excluding hydrogens is 130 g/mol. The minimum Gasteiger partial charge on any atom is -1.00 e. The third kappa shape index (κ3) is 67.4. The Kier molecular flexibility index (Phi) is 51.4. The van der Waals surface area contributed by atoms with Gasteiger partial charge in [0.2, 0.25) is 0 Å². The average Bonchev–Trinajstić information content (AvgIpc) is 0.811. The van der Waals surface area contributed by atoms with Gasteiger partial charge in [-0.15, -0.1) is 0 Å². The third-order valence-corrected chi connectivity index (χ3v) is 0. The standard InChI is InChI=1S/CH2O3.Ca.Li.Na.4H/c2-1(3)4;;;;;;;/h(H2,2,3,4);;;;;;;/q;+2;2*+1;4*-1. The molecule has 0 radical (unpaired) electrons. The molecule has 0 aromatic carbocycles. The van der Waals surface area contributed by atoms with Crippen LogP contribution in [0.15, 0.2) is 0 Å². The van der Waals surface area contributed by atoms with Crippen LogP contribution in [-0.2, 0) is 0 Å². The summed E-state index contributed by atoms with van der Waals surface area (Å²) in [5, 5.41) is 13.9. The minimum absolute atomic E-state index is 0. The molecule has 6 heteroatoms. The summed E-state index contributed by atoms with van der Waals surface area (Å²) in [5.41, 5.74) is 0. The fourth-order valence-corrected chi connectivity index (χ4v) is 0. The molecule has 0 aromatic heterocycles. The second-order valence-corrected chi connectivity index (χ2v) is 0.283. The second kappa shape index (κ2) is 15.7. The maximum Gasteiger partial charge on any atom is 2.00 e. The van der Waals surface area contributed by atoms with Gasteiger partial charge in [0.1, 0.15) is 0 Å². The van der Waals surface area contributed by atoms with Gasteiger partial charge in [0, 0.05) is 0 Å². The normalized spacial score (nSPS) is 3.43. The van der Waals surface area contributed by atoms with Crippen LogP contribution in [0.5, 0.6) is 0 Å². The van der Waals surface area contributed by atoms with Crippen LogP contribution in [0.2, 0.25) is 0 Å². The molecule has 32 valence electrons. The molecule has 0 spiro atoms. The van der Waals surface area contributed by atoms with Gasteiger partial charge < -0.3 is 15.9 Å². The first-order valence-electron chi connectivity index (χ1n) is 0.651. The van der Waals surface area contributed by atoms with Gasteiger partial charge in [0.05, 0.1) is 0 Å². The van der Waals surface area contributed by atoms with Gasteiger partial charge >= 0.3 is 92.3 Å². The van der Waals surface area contributed by atoms with Gasteiger partial charge in [-0.25, -0.2) is 4.79 Å². The predicted octanol–water partition coefficient (Wildman–Crippen LogP) is -5.70. The molecule has 0 aromatic rings. The van der Waals surface area contributed by atoms with E-state index in [2.05, 4.69) is 0 Å². The summed E-state index contributed by atoms with van der Waals surface area (Å²) in [7, 11) is 0. The van der Waals surface area contributed by atoms with Crippen molar-refractivity contribution < 1.29 is 69.1 Å². The summed E-state index contributed by atoms with van der Waals surface area (Å²) in [6.45, 7) is 0. The Hall–Kier alpha value is 2.13. The van der Waals surface area contributed by atoms with E-state index in [9.17, 15) is 0 Å². The van der Waals surface area contributed by atoms with Crippen LogP contribution in [0.4, 0.5) is 4.79 Å². The molecule has 2 N–H and O–H groups in total. The fraction of sp³-hybridized carbons (Fsp3) is 0. The summed E-state index contributed by atoms with van der Waals surface area (Å²) in [4.78, 5) is 8.56. The largest absolute Gasteiger partial charge is 2.00 e. The van der Waals surface area contributed by atoms with Gasteiger partial charge in [-0.3, -0.25) is 0 Å². The summed E-state index contributed by atoms with van der Waals surface area (Å²) < 4.78 is 0. The molecule has 0 saturated carbocycles. The molecular formula is CH6CaLiNaO3. The van der Waals surface area contributed by atoms with Crippen molar-refractivity contribution in [1.29, 1.82) is 0 Å². The number of carbonyl (C=O) groups is 1. The number of hydrogen-bond acceptors (Lipinski definition) is 1. The van der Waals surface area contributed by atoms with Crippen molar-refractivity contribution in [1.82, 2.24) is 0 Å². The molecule has 0 amide bonds. The quantitative estimate of drug-likeness (QED) is 0.326. The van der Waals surface area contributed by atoms with Crippen LogP contribution >= 0.6 is 0 Å². The summed E-state index contributed by atoms with van der Waals surface area (Å²) in [6.07, 6.45) is -1.83. The molecule has 0 rings (SSSR count). The Morgan fingerprint density at radius 3 is 1.43 bits per heavy atom. The van der Waals surface area contributed by atoms with Crippen molar-refractivity contribution in [3.8, 4) is 0 Å². The van der Waals surface area contributed by atoms with E-state index >= 15 is 0 Å². The first-order chi connectivity index (χ1) is 1.73. The molecule has 3 nitrogen and oxygen atoms in total. The summed E-state index contributed by atoms with van der Waals surface area (Å²) >= 11 is 0. The SMILES string of the molecule is O=C(O)O.[Ca+2].[H-].[H-].[H-].[H-].[Li+].[Na+]. The van der Waals surface area contributed by atoms with E-state index in [4.69, 9.17) is 15.0 Å². The van der Waals surface area contributed by atoms with E-state index in [0.29, 0.717) is 0 Å². The van der Waals surface area contributed by atoms with Crippen molar-refractivity contribution in [3.05, 3.63) is 0 Å². The predicted molar refractivity (Wildman–Crippen MR) is 20.9 cm³/mol. The van der Waals surface area contributed by atoms with Gasteiger partial charge in [0.15, 0.2) is 0 Å². The molecule has 0 bridgehead atoms. The van der Waals surface area contributed by atoms with E-state index in [1.807, 2.05) is 0 Å². The zero-order chi connectivity index (χ0) is 3.58. The monoisotopic (exact) mass is 136 g/mol. The van der Waals surface area contributed by atoms with E-state index in [1.165, 1.54) is 0 Å². The summed E-state index contributed by atoms with van der Waals surface area (Å²) in [5.74, 6) is 0. The first kappa shape index (κ1) is 22.9. The second-order valence-electron chi connectivity index (χ2n) is 0.283. The Balaban J connectivity index is -0.00000000214. The fourth-order valence-electron chi connectivity index (χ4n) is 0. The Labute approximate surface area is 111 Å². The molecule has 0 aliphatic rings. The van der Waals surface area contributed by atoms with Crippen molar-refractivity contribution in [2.75, 3.05) is 0 Å². The van der Waals surface area contributed by atoms with Crippen LogP contribution in [0.1, 0.15) is 5.71 Å². The molecule has 0 atom stereocenters. The van der Waals surface area contributed by atoms with Crippen LogP contribution in [0, 0.1) is 0 Å². The van der Waals surface area contributed by atoms with Crippen LogP contribution in [-0.4, -0.2) is 54.1 Å². The maximum absolute atomic E-state index is 8.56. The zero-order valence-electron chi connectivity index (χ0n) is 8.51. The van der Waals surface area contributed by atoms with E-state index < -0.39 is 6.16 Å². The zero-order valence-corrected chi connectivity index (χ0v) is 8.72. The molecule has 0 saturated heterocycles. The molecule has 0 heterocycles. The average molecular weight is 136 g/mol. The van der Waals surface area contributed by atoms with Crippen molar-refractivity contribution in [2.45, 2.75) is 0 Å². The van der Waals surface area contributed by atoms with Gasteiger partial charge in [0.25, 0.3) is 0 Å². The Bertz CT molecular complexity index is 48.3. The van der Waals surface area contributed by atoms with E-state index in [-0.39, 0.29) is 91.9 Å². The van der Waals surface area contributed by atoms with Crippen LogP contribution < -0.4 is 48.4 Å². The van der Waals surface area contributed by atoms with Crippen molar-refractivity contribution >= 4 is 43.9 Å². The molecule has 7 heavy (non-hydrogen) atoms. The minimum atomic E-state index is -1.83. The maximum atomic E-state index is 8.56. The van der Waals surface area contributed by atoms with Gasteiger partial charge in [-0.1, -0.05) is 0 Å². The van der Waals surface area contributed by atoms with E-state index in [1.54, 1.807) is 0 Å². The third-order valence-electron chi connectivity index (χ3n) is 0. The molecule has 0 aliphatic carbocycles. The first-order valence-corrected chi connectivity index (χ1v) is 0.651. The van der Waals surface area contributed by atoms with Gasteiger partial charge in [-0.2, -0.15) is 0 Å². The number of carboxylic acid groups (broad SMARTS) is 2. The number of hydrogen-bond donors (Lipinski definition) is 2. The molecule has 0 fully saturated rings. The van der Waals surface area contributed by atoms with E-state index in [0.717, 1.165) is 0 Å². The molecule has 0 unspecified atom stereocenters. The number of rotatable bonds is 0. The smallest absolute Gasteiger partial charge is 1.00 e. The Morgan fingerprint density at radius 1 is 1.43 bits per heavy atom. The molecule has 0 aliphatic heterocycles. The van der Waals surface area contributed by atoms with Crippen molar-refractivity contribution in [2.24, 2.45) is 0 Å². The van der Waals surface area contributed by atoms with Crippen molar-refractivity contribution in [3.63, 3.8) is 0 Å². The summed E-state index contributed by atoms with van der Waals surface area (Å²) in [6, 6.07) is 0.